The largest absolute Gasteiger partial charge is 0.465 e. The number of rotatable bonds is 4. The van der Waals surface area contributed by atoms with Crippen LogP contribution in [-0.4, -0.2) is 24.9 Å². The molecule has 1 aliphatic rings. The van der Waals surface area contributed by atoms with Crippen LogP contribution in [0.4, 0.5) is 11.4 Å². The summed E-state index contributed by atoms with van der Waals surface area (Å²) in [4.78, 5) is 38.1. The van der Waals surface area contributed by atoms with Crippen molar-refractivity contribution in [3.63, 3.8) is 0 Å². The molecule has 0 bridgehead atoms. The van der Waals surface area contributed by atoms with E-state index in [1.54, 1.807) is 36.4 Å². The van der Waals surface area contributed by atoms with E-state index >= 15 is 0 Å². The predicted octanol–water partition coefficient (Wildman–Crippen LogP) is 3.56. The van der Waals surface area contributed by atoms with E-state index in [1.807, 2.05) is 0 Å². The number of halogens is 2. The lowest BCUT2D eigenvalue weighted by Gasteiger charge is -2.17. The molecule has 0 spiro atoms. The quantitative estimate of drug-likeness (QED) is 0.637. The van der Waals surface area contributed by atoms with E-state index in [0.29, 0.717) is 10.7 Å². The Morgan fingerprint density at radius 3 is 2.31 bits per heavy atom. The number of carbonyl (C=O) groups is 3. The van der Waals surface area contributed by atoms with E-state index < -0.39 is 17.8 Å². The maximum Gasteiger partial charge on any atom is 0.339 e. The molecule has 0 saturated carbocycles. The molecule has 0 aliphatic carbocycles. The Kier molecular flexibility index (Phi) is 4.97. The fourth-order valence-electron chi connectivity index (χ4n) is 2.46. The molecule has 6 nitrogen and oxygen atoms in total. The molecule has 1 heterocycles. The van der Waals surface area contributed by atoms with Crippen molar-refractivity contribution in [3.05, 3.63) is 69.8 Å². The first-order valence-corrected chi connectivity index (χ1v) is 8.18. The number of para-hydroxylation sites is 1. The minimum atomic E-state index is -0.732. The lowest BCUT2D eigenvalue weighted by molar-refractivity contribution is -0.120. The molecule has 26 heavy (non-hydrogen) atoms. The molecule has 132 valence electrons. The van der Waals surface area contributed by atoms with Crippen LogP contribution in [0.3, 0.4) is 0 Å². The van der Waals surface area contributed by atoms with E-state index in [1.165, 1.54) is 19.2 Å². The van der Waals surface area contributed by atoms with E-state index in [-0.39, 0.29) is 22.0 Å². The van der Waals surface area contributed by atoms with Crippen LogP contribution in [0.1, 0.15) is 10.4 Å². The lowest BCUT2D eigenvalue weighted by atomic mass is 10.1. The third-order valence-corrected chi connectivity index (χ3v) is 4.29. The fourth-order valence-corrected chi connectivity index (χ4v) is 2.80. The number of esters is 1. The molecule has 0 radical (unpaired) electrons. The van der Waals surface area contributed by atoms with Gasteiger partial charge < -0.3 is 10.1 Å². The Hall–Kier alpha value is -2.83. The van der Waals surface area contributed by atoms with Gasteiger partial charge in [-0.05, 0) is 36.4 Å². The van der Waals surface area contributed by atoms with Crippen LogP contribution < -0.4 is 10.2 Å². The van der Waals surface area contributed by atoms with Crippen molar-refractivity contribution in [1.29, 1.82) is 0 Å². The Balaban J connectivity index is 1.96. The maximum absolute atomic E-state index is 12.8. The van der Waals surface area contributed by atoms with Crippen LogP contribution >= 0.6 is 23.2 Å². The van der Waals surface area contributed by atoms with Crippen LogP contribution in [0.15, 0.2) is 59.3 Å². The third-order valence-electron chi connectivity index (χ3n) is 3.69. The van der Waals surface area contributed by atoms with E-state index in [0.717, 1.165) is 4.90 Å². The molecule has 2 aromatic rings. The van der Waals surface area contributed by atoms with Crippen molar-refractivity contribution in [2.75, 3.05) is 17.3 Å². The smallest absolute Gasteiger partial charge is 0.339 e. The number of ether oxygens (including phenoxy) is 1. The number of anilines is 2. The molecule has 3 rings (SSSR count). The molecule has 0 unspecified atom stereocenters. The summed E-state index contributed by atoms with van der Waals surface area (Å²) in [5.74, 6) is -2.08. The van der Waals surface area contributed by atoms with Crippen LogP contribution in [0, 0.1) is 0 Å². The van der Waals surface area contributed by atoms with Gasteiger partial charge in [0, 0.05) is 10.7 Å². The number of carbonyl (C=O) groups excluding carboxylic acids is 3. The van der Waals surface area contributed by atoms with Gasteiger partial charge in [0.2, 0.25) is 0 Å². The zero-order valence-electron chi connectivity index (χ0n) is 13.5. The monoisotopic (exact) mass is 390 g/mol. The highest BCUT2D eigenvalue weighted by molar-refractivity contribution is 6.53. The van der Waals surface area contributed by atoms with Gasteiger partial charge in [0.25, 0.3) is 11.8 Å². The second kappa shape index (κ2) is 7.19. The standard InChI is InChI=1S/C18H12Cl2N2O4/c1-26-18(25)12-4-2-3-5-13(12)22-16(23)14(20)15(17(22)24)21-11-8-6-10(19)7-9-11/h2-9,21H,1H3. The van der Waals surface area contributed by atoms with Gasteiger partial charge in [-0.2, -0.15) is 0 Å². The van der Waals surface area contributed by atoms with Crippen molar-refractivity contribution >= 4 is 52.4 Å². The summed E-state index contributed by atoms with van der Waals surface area (Å²) in [6.45, 7) is 0. The number of hydrogen-bond acceptors (Lipinski definition) is 5. The minimum Gasteiger partial charge on any atom is -0.465 e. The number of methoxy groups -OCH3 is 1. The zero-order valence-corrected chi connectivity index (χ0v) is 15.0. The molecule has 1 aliphatic heterocycles. The molecule has 2 aromatic carbocycles. The lowest BCUT2D eigenvalue weighted by Crippen LogP contribution is -2.33. The number of nitrogens with one attached hydrogen (secondary N) is 1. The van der Waals surface area contributed by atoms with Gasteiger partial charge in [-0.25, -0.2) is 9.69 Å². The number of benzene rings is 2. The summed E-state index contributed by atoms with van der Waals surface area (Å²) >= 11 is 11.9. The predicted molar refractivity (Wildman–Crippen MR) is 98.2 cm³/mol. The van der Waals surface area contributed by atoms with Crippen LogP contribution in [-0.2, 0) is 14.3 Å². The van der Waals surface area contributed by atoms with Crippen molar-refractivity contribution < 1.29 is 19.1 Å². The summed E-state index contributed by atoms with van der Waals surface area (Å²) in [6, 6.07) is 12.7. The van der Waals surface area contributed by atoms with E-state index in [2.05, 4.69) is 5.32 Å². The normalized spacial score (nSPS) is 14.0. The number of imide groups is 1. The summed E-state index contributed by atoms with van der Waals surface area (Å²) in [5.41, 5.74) is 0.625. The molecule has 0 saturated heterocycles. The van der Waals surface area contributed by atoms with E-state index in [9.17, 15) is 14.4 Å². The van der Waals surface area contributed by atoms with Crippen molar-refractivity contribution in [2.24, 2.45) is 0 Å². The molecule has 2 amide bonds. The first-order chi connectivity index (χ1) is 12.4. The summed E-state index contributed by atoms with van der Waals surface area (Å²) < 4.78 is 4.70. The molecule has 0 atom stereocenters. The third kappa shape index (κ3) is 3.16. The molecule has 1 N–H and O–H groups in total. The second-order valence-corrected chi connectivity index (χ2v) is 6.09. The fraction of sp³-hybridized carbons (Fsp3) is 0.0556. The topological polar surface area (TPSA) is 75.7 Å². The van der Waals surface area contributed by atoms with Crippen LogP contribution in [0.5, 0.6) is 0 Å². The zero-order chi connectivity index (χ0) is 18.8. The number of nitrogens with zero attached hydrogens (tertiary/aromatic N) is 1. The highest BCUT2D eigenvalue weighted by Crippen LogP contribution is 2.32. The van der Waals surface area contributed by atoms with E-state index in [4.69, 9.17) is 27.9 Å². The Labute approximate surface area is 158 Å². The van der Waals surface area contributed by atoms with Gasteiger partial charge in [-0.15, -0.1) is 0 Å². The van der Waals surface area contributed by atoms with Gasteiger partial charge >= 0.3 is 5.97 Å². The first-order valence-electron chi connectivity index (χ1n) is 7.42. The highest BCUT2D eigenvalue weighted by Gasteiger charge is 2.40. The SMILES string of the molecule is COC(=O)c1ccccc1N1C(=O)C(Cl)=C(Nc2ccc(Cl)cc2)C1=O. The molecular weight excluding hydrogens is 379 g/mol. The number of hydrogen-bond donors (Lipinski definition) is 1. The van der Waals surface area contributed by atoms with Gasteiger partial charge in [0.15, 0.2) is 0 Å². The van der Waals surface area contributed by atoms with Crippen LogP contribution in [0.25, 0.3) is 0 Å². The number of amides is 2. The Bertz CT molecular complexity index is 938. The molecular formula is C18H12Cl2N2O4. The minimum absolute atomic E-state index is 0.0777. The summed E-state index contributed by atoms with van der Waals surface area (Å²) in [7, 11) is 1.21. The molecule has 0 fully saturated rings. The van der Waals surface area contributed by atoms with Crippen molar-refractivity contribution in [2.45, 2.75) is 0 Å². The average Bonchev–Trinajstić information content (AvgIpc) is 2.86. The van der Waals surface area contributed by atoms with Gasteiger partial charge in [0.05, 0.1) is 18.4 Å². The highest BCUT2D eigenvalue weighted by atomic mass is 35.5. The van der Waals surface area contributed by atoms with Gasteiger partial charge in [-0.3, -0.25) is 9.59 Å². The summed E-state index contributed by atoms with van der Waals surface area (Å²) in [5, 5.41) is 3.07. The van der Waals surface area contributed by atoms with Crippen molar-refractivity contribution in [1.82, 2.24) is 0 Å². The molecule has 8 heteroatoms. The Morgan fingerprint density at radius 1 is 1.00 bits per heavy atom. The molecule has 0 aromatic heterocycles. The van der Waals surface area contributed by atoms with Crippen LogP contribution in [0.2, 0.25) is 5.02 Å². The summed E-state index contributed by atoms with van der Waals surface area (Å²) in [6.07, 6.45) is 0. The average molecular weight is 391 g/mol. The van der Waals surface area contributed by atoms with Gasteiger partial charge in [-0.1, -0.05) is 35.3 Å². The Morgan fingerprint density at radius 2 is 1.65 bits per heavy atom. The first kappa shape index (κ1) is 18.0. The maximum atomic E-state index is 12.8. The second-order valence-electron chi connectivity index (χ2n) is 5.28. The van der Waals surface area contributed by atoms with Crippen molar-refractivity contribution in [3.8, 4) is 0 Å². The van der Waals surface area contributed by atoms with Gasteiger partial charge in [0.1, 0.15) is 10.7 Å².